The Labute approximate surface area is 132 Å². The highest BCUT2D eigenvalue weighted by Gasteiger charge is 2.34. The predicted octanol–water partition coefficient (Wildman–Crippen LogP) is 1.97. The van der Waals surface area contributed by atoms with E-state index in [0.29, 0.717) is 29.3 Å². The molecule has 0 radical (unpaired) electrons. The van der Waals surface area contributed by atoms with Gasteiger partial charge in [0.05, 0.1) is 0 Å². The Morgan fingerprint density at radius 1 is 1.32 bits per heavy atom. The van der Waals surface area contributed by atoms with Crippen molar-refractivity contribution < 1.29 is 9.59 Å². The lowest BCUT2D eigenvalue weighted by Crippen LogP contribution is -2.43. The van der Waals surface area contributed by atoms with E-state index < -0.39 is 6.04 Å². The number of benzene rings is 1. The molecule has 0 saturated carbocycles. The standard InChI is InChI=1S/C15H16N4O2S/c16-11-5-3-10(4-6-11)14(21)19-8-1-2-12(19)13(20)18-15-17-7-9-22-15/h3-7,9,12H,1-2,8,16H2,(H,17,18,20). The van der Waals surface area contributed by atoms with Crippen molar-refractivity contribution in [3.05, 3.63) is 41.4 Å². The summed E-state index contributed by atoms with van der Waals surface area (Å²) in [5.74, 6) is -0.326. The van der Waals surface area contributed by atoms with Gasteiger partial charge in [0.1, 0.15) is 6.04 Å². The molecule has 0 aliphatic carbocycles. The topological polar surface area (TPSA) is 88.3 Å². The maximum absolute atomic E-state index is 12.6. The minimum atomic E-state index is -0.450. The molecule has 1 unspecified atom stereocenters. The Morgan fingerprint density at radius 3 is 2.77 bits per heavy atom. The Hall–Kier alpha value is -2.41. The first kappa shape index (κ1) is 14.5. The minimum Gasteiger partial charge on any atom is -0.399 e. The number of amides is 2. The van der Waals surface area contributed by atoms with Gasteiger partial charge in [0.15, 0.2) is 5.13 Å². The molecule has 1 atom stereocenters. The Bertz CT molecular complexity index is 669. The SMILES string of the molecule is Nc1ccc(C(=O)N2CCCC2C(=O)Nc2nccs2)cc1. The number of thiazole rings is 1. The molecule has 114 valence electrons. The van der Waals surface area contributed by atoms with E-state index >= 15 is 0 Å². The average molecular weight is 316 g/mol. The first-order valence-electron chi connectivity index (χ1n) is 7.02. The second kappa shape index (κ2) is 6.15. The highest BCUT2D eigenvalue weighted by Crippen LogP contribution is 2.22. The predicted molar refractivity (Wildman–Crippen MR) is 85.7 cm³/mol. The van der Waals surface area contributed by atoms with Gasteiger partial charge < -0.3 is 16.0 Å². The third-order valence-electron chi connectivity index (χ3n) is 3.64. The summed E-state index contributed by atoms with van der Waals surface area (Å²) in [6.07, 6.45) is 3.11. The second-order valence-electron chi connectivity index (χ2n) is 5.11. The lowest BCUT2D eigenvalue weighted by molar-refractivity contribution is -0.119. The number of carbonyl (C=O) groups excluding carboxylic acids is 2. The molecule has 2 heterocycles. The lowest BCUT2D eigenvalue weighted by atomic mass is 10.1. The van der Waals surface area contributed by atoms with E-state index in [4.69, 9.17) is 5.73 Å². The summed E-state index contributed by atoms with van der Waals surface area (Å²) in [4.78, 5) is 30.6. The van der Waals surface area contributed by atoms with Crippen LogP contribution in [0.2, 0.25) is 0 Å². The van der Waals surface area contributed by atoms with Gasteiger partial charge in [-0.2, -0.15) is 0 Å². The number of nitrogen functional groups attached to an aromatic ring is 1. The highest BCUT2D eigenvalue weighted by molar-refractivity contribution is 7.13. The number of carbonyl (C=O) groups is 2. The molecule has 1 aliphatic heterocycles. The van der Waals surface area contributed by atoms with Gasteiger partial charge in [0, 0.05) is 29.4 Å². The van der Waals surface area contributed by atoms with Crippen LogP contribution >= 0.6 is 11.3 Å². The van der Waals surface area contributed by atoms with E-state index in [9.17, 15) is 9.59 Å². The van der Waals surface area contributed by atoms with Crippen LogP contribution in [0.5, 0.6) is 0 Å². The van der Waals surface area contributed by atoms with E-state index in [0.717, 1.165) is 6.42 Å². The summed E-state index contributed by atoms with van der Waals surface area (Å²) in [5, 5.41) is 5.11. The molecule has 1 aromatic carbocycles. The van der Waals surface area contributed by atoms with Crippen molar-refractivity contribution in [2.24, 2.45) is 0 Å². The van der Waals surface area contributed by atoms with Crippen molar-refractivity contribution >= 4 is 34.0 Å². The van der Waals surface area contributed by atoms with Gasteiger partial charge >= 0.3 is 0 Å². The molecule has 2 aromatic rings. The van der Waals surface area contributed by atoms with Crippen LogP contribution in [-0.4, -0.2) is 34.3 Å². The number of nitrogens with zero attached hydrogens (tertiary/aromatic N) is 2. The zero-order valence-corrected chi connectivity index (χ0v) is 12.7. The van der Waals surface area contributed by atoms with Crippen LogP contribution in [0.4, 0.5) is 10.8 Å². The molecule has 1 aromatic heterocycles. The molecule has 1 aliphatic rings. The number of rotatable bonds is 3. The van der Waals surface area contributed by atoms with E-state index in [2.05, 4.69) is 10.3 Å². The molecule has 3 N–H and O–H groups in total. The molecular formula is C15H16N4O2S. The fourth-order valence-electron chi connectivity index (χ4n) is 2.55. The van der Waals surface area contributed by atoms with E-state index in [1.807, 2.05) is 0 Å². The largest absolute Gasteiger partial charge is 0.399 e. The second-order valence-corrected chi connectivity index (χ2v) is 6.00. The summed E-state index contributed by atoms with van der Waals surface area (Å²) in [6.45, 7) is 0.583. The molecule has 0 spiro atoms. The quantitative estimate of drug-likeness (QED) is 0.847. The number of nitrogens with two attached hydrogens (primary N) is 1. The number of aromatic nitrogens is 1. The third kappa shape index (κ3) is 2.94. The molecule has 2 amide bonds. The molecule has 1 fully saturated rings. The summed E-state index contributed by atoms with van der Waals surface area (Å²) in [7, 11) is 0. The van der Waals surface area contributed by atoms with Crippen LogP contribution in [0.3, 0.4) is 0 Å². The van der Waals surface area contributed by atoms with Crippen molar-refractivity contribution in [1.29, 1.82) is 0 Å². The Kier molecular flexibility index (Phi) is 4.06. The highest BCUT2D eigenvalue weighted by atomic mass is 32.1. The van der Waals surface area contributed by atoms with Crippen molar-refractivity contribution in [2.45, 2.75) is 18.9 Å². The van der Waals surface area contributed by atoms with Crippen LogP contribution in [0.1, 0.15) is 23.2 Å². The molecule has 7 heteroatoms. The molecule has 1 saturated heterocycles. The van der Waals surface area contributed by atoms with E-state index in [-0.39, 0.29) is 11.8 Å². The summed E-state index contributed by atoms with van der Waals surface area (Å²) in [5.41, 5.74) is 6.79. The number of hydrogen-bond acceptors (Lipinski definition) is 5. The average Bonchev–Trinajstić information content (AvgIpc) is 3.18. The third-order valence-corrected chi connectivity index (χ3v) is 4.32. The minimum absolute atomic E-state index is 0.142. The van der Waals surface area contributed by atoms with Gasteiger partial charge in [-0.05, 0) is 37.1 Å². The number of likely N-dealkylation sites (tertiary alicyclic amines) is 1. The number of anilines is 2. The number of nitrogens with one attached hydrogen (secondary N) is 1. The van der Waals surface area contributed by atoms with Gasteiger partial charge in [-0.1, -0.05) is 0 Å². The van der Waals surface area contributed by atoms with Crippen molar-refractivity contribution in [2.75, 3.05) is 17.6 Å². The van der Waals surface area contributed by atoms with Crippen LogP contribution in [0.15, 0.2) is 35.8 Å². The Morgan fingerprint density at radius 2 is 2.09 bits per heavy atom. The van der Waals surface area contributed by atoms with Crippen LogP contribution in [0.25, 0.3) is 0 Å². The zero-order valence-electron chi connectivity index (χ0n) is 11.9. The smallest absolute Gasteiger partial charge is 0.254 e. The fraction of sp³-hybridized carbons (Fsp3) is 0.267. The molecular weight excluding hydrogens is 300 g/mol. The van der Waals surface area contributed by atoms with Gasteiger partial charge in [0.25, 0.3) is 5.91 Å². The molecule has 0 bridgehead atoms. The summed E-state index contributed by atoms with van der Waals surface area (Å²) in [6, 6.07) is 6.30. The normalized spacial score (nSPS) is 17.5. The van der Waals surface area contributed by atoms with Crippen molar-refractivity contribution in [3.8, 4) is 0 Å². The summed E-state index contributed by atoms with van der Waals surface area (Å²) >= 11 is 1.36. The summed E-state index contributed by atoms with van der Waals surface area (Å²) < 4.78 is 0. The molecule has 3 rings (SSSR count). The maximum atomic E-state index is 12.6. The van der Waals surface area contributed by atoms with Crippen LogP contribution in [0, 0.1) is 0 Å². The maximum Gasteiger partial charge on any atom is 0.254 e. The van der Waals surface area contributed by atoms with Crippen molar-refractivity contribution in [1.82, 2.24) is 9.88 Å². The van der Waals surface area contributed by atoms with E-state index in [1.54, 1.807) is 40.7 Å². The van der Waals surface area contributed by atoms with Gasteiger partial charge in [-0.25, -0.2) is 4.98 Å². The zero-order chi connectivity index (χ0) is 15.5. The van der Waals surface area contributed by atoms with E-state index in [1.165, 1.54) is 11.3 Å². The van der Waals surface area contributed by atoms with Gasteiger partial charge in [-0.3, -0.25) is 9.59 Å². The number of hydrogen-bond donors (Lipinski definition) is 2. The van der Waals surface area contributed by atoms with Crippen molar-refractivity contribution in [3.63, 3.8) is 0 Å². The Balaban J connectivity index is 1.73. The monoisotopic (exact) mass is 316 g/mol. The van der Waals surface area contributed by atoms with Crippen LogP contribution < -0.4 is 11.1 Å². The van der Waals surface area contributed by atoms with Gasteiger partial charge in [0.2, 0.25) is 5.91 Å². The van der Waals surface area contributed by atoms with Gasteiger partial charge in [-0.15, -0.1) is 11.3 Å². The molecule has 6 nitrogen and oxygen atoms in total. The van der Waals surface area contributed by atoms with Crippen LogP contribution in [-0.2, 0) is 4.79 Å². The lowest BCUT2D eigenvalue weighted by Gasteiger charge is -2.23. The first-order valence-corrected chi connectivity index (χ1v) is 7.90. The fourth-order valence-corrected chi connectivity index (χ4v) is 3.08. The molecule has 22 heavy (non-hydrogen) atoms. The first-order chi connectivity index (χ1) is 10.6.